The van der Waals surface area contributed by atoms with Crippen LogP contribution in [-0.4, -0.2) is 11.6 Å². The van der Waals surface area contributed by atoms with Gasteiger partial charge >= 0.3 is 0 Å². The van der Waals surface area contributed by atoms with Crippen molar-refractivity contribution in [1.29, 1.82) is 0 Å². The highest BCUT2D eigenvalue weighted by Crippen LogP contribution is 2.25. The van der Waals surface area contributed by atoms with Crippen LogP contribution in [0, 0.1) is 18.3 Å². The zero-order valence-corrected chi connectivity index (χ0v) is 9.77. The Labute approximate surface area is 88.7 Å². The number of nitrogens with one attached hydrogen (secondary N) is 1. The highest BCUT2D eigenvalue weighted by atomic mass is 15.0. The molecule has 0 radical (unpaired) electrons. The van der Waals surface area contributed by atoms with Crippen molar-refractivity contribution in [2.45, 2.75) is 64.5 Å². The van der Waals surface area contributed by atoms with Crippen molar-refractivity contribution in [2.75, 3.05) is 0 Å². The van der Waals surface area contributed by atoms with E-state index in [9.17, 15) is 0 Å². The van der Waals surface area contributed by atoms with Gasteiger partial charge in [0.25, 0.3) is 0 Å². The predicted molar refractivity (Wildman–Crippen MR) is 62.1 cm³/mol. The quantitative estimate of drug-likeness (QED) is 0.680. The lowest BCUT2D eigenvalue weighted by Crippen LogP contribution is -2.47. The van der Waals surface area contributed by atoms with Gasteiger partial charge in [0.2, 0.25) is 0 Å². The molecule has 0 spiro atoms. The Kier molecular flexibility index (Phi) is 4.01. The summed E-state index contributed by atoms with van der Waals surface area (Å²) >= 11 is 0. The average Bonchev–Trinajstić information content (AvgIpc) is 2.21. The Morgan fingerprint density at radius 1 is 1.36 bits per heavy atom. The maximum atomic E-state index is 5.55. The fourth-order valence-electron chi connectivity index (χ4n) is 2.10. The summed E-state index contributed by atoms with van der Waals surface area (Å²) in [4.78, 5) is 0. The molecular formula is C13H23N. The summed E-state index contributed by atoms with van der Waals surface area (Å²) in [6.07, 6.45) is 11.8. The third kappa shape index (κ3) is 3.03. The summed E-state index contributed by atoms with van der Waals surface area (Å²) in [5.41, 5.74) is -0.0920. The molecule has 0 aromatic carbocycles. The highest BCUT2D eigenvalue weighted by molar-refractivity contribution is 5.10. The predicted octanol–water partition coefficient (Wildman–Crippen LogP) is 2.96. The summed E-state index contributed by atoms with van der Waals surface area (Å²) in [7, 11) is 0. The molecule has 1 aliphatic rings. The van der Waals surface area contributed by atoms with Gasteiger partial charge in [-0.2, -0.15) is 0 Å². The van der Waals surface area contributed by atoms with Crippen LogP contribution in [0.4, 0.5) is 0 Å². The molecule has 1 aliphatic carbocycles. The molecule has 1 unspecified atom stereocenters. The monoisotopic (exact) mass is 193 g/mol. The summed E-state index contributed by atoms with van der Waals surface area (Å²) in [5.74, 6) is 3.78. The first-order valence-corrected chi connectivity index (χ1v) is 5.85. The molecule has 0 amide bonds. The van der Waals surface area contributed by atoms with E-state index in [2.05, 4.69) is 32.0 Å². The Morgan fingerprint density at radius 2 is 1.93 bits per heavy atom. The van der Waals surface area contributed by atoms with Crippen molar-refractivity contribution in [2.24, 2.45) is 5.92 Å². The Hall–Kier alpha value is -0.480. The van der Waals surface area contributed by atoms with Gasteiger partial charge in [-0.05, 0) is 44.9 Å². The van der Waals surface area contributed by atoms with Crippen LogP contribution >= 0.6 is 0 Å². The van der Waals surface area contributed by atoms with E-state index in [0.29, 0.717) is 6.04 Å². The van der Waals surface area contributed by atoms with E-state index in [-0.39, 0.29) is 5.54 Å². The second-order valence-electron chi connectivity index (χ2n) is 4.93. The molecular weight excluding hydrogens is 170 g/mol. The van der Waals surface area contributed by atoms with Crippen LogP contribution in [0.15, 0.2) is 0 Å². The minimum atomic E-state index is -0.0920. The molecule has 1 atom stereocenters. The van der Waals surface area contributed by atoms with Crippen LogP contribution in [0.3, 0.4) is 0 Å². The maximum Gasteiger partial charge on any atom is 0.0769 e. The van der Waals surface area contributed by atoms with Crippen molar-refractivity contribution in [3.05, 3.63) is 0 Å². The van der Waals surface area contributed by atoms with Crippen LogP contribution in [0.5, 0.6) is 0 Å². The van der Waals surface area contributed by atoms with Crippen LogP contribution in [0.1, 0.15) is 52.9 Å². The average molecular weight is 193 g/mol. The van der Waals surface area contributed by atoms with Crippen molar-refractivity contribution < 1.29 is 0 Å². The van der Waals surface area contributed by atoms with Crippen molar-refractivity contribution in [1.82, 2.24) is 5.32 Å². The van der Waals surface area contributed by atoms with E-state index in [0.717, 1.165) is 12.3 Å². The van der Waals surface area contributed by atoms with E-state index < -0.39 is 0 Å². The Balaban J connectivity index is 2.41. The van der Waals surface area contributed by atoms with Crippen molar-refractivity contribution >= 4 is 0 Å². The molecule has 1 fully saturated rings. The summed E-state index contributed by atoms with van der Waals surface area (Å²) in [6.45, 7) is 6.62. The largest absolute Gasteiger partial charge is 0.299 e. The van der Waals surface area contributed by atoms with E-state index in [1.165, 1.54) is 25.7 Å². The molecule has 1 heteroatoms. The van der Waals surface area contributed by atoms with E-state index in [4.69, 9.17) is 6.42 Å². The first-order chi connectivity index (χ1) is 6.59. The standard InChI is InChI=1S/C13H23N/c1-5-13(4,6-2)14-12-9-7-11(3)8-10-12/h1,11-12,14H,6-10H2,2-4H3. The fraction of sp³-hybridized carbons (Fsp3) is 0.846. The lowest BCUT2D eigenvalue weighted by Gasteiger charge is -2.34. The van der Waals surface area contributed by atoms with Gasteiger partial charge in [0, 0.05) is 6.04 Å². The third-order valence-electron chi connectivity index (χ3n) is 3.56. The molecule has 1 N–H and O–H groups in total. The second-order valence-corrected chi connectivity index (χ2v) is 4.93. The zero-order chi connectivity index (χ0) is 10.6. The molecule has 1 rings (SSSR count). The van der Waals surface area contributed by atoms with Crippen LogP contribution in [0.25, 0.3) is 0 Å². The molecule has 80 valence electrons. The van der Waals surface area contributed by atoms with Gasteiger partial charge in [0.05, 0.1) is 5.54 Å². The SMILES string of the molecule is C#CC(C)(CC)NC1CCC(C)CC1. The fourth-order valence-corrected chi connectivity index (χ4v) is 2.10. The summed E-state index contributed by atoms with van der Waals surface area (Å²) in [6, 6.07) is 0.646. The van der Waals surface area contributed by atoms with Crippen molar-refractivity contribution in [3.63, 3.8) is 0 Å². The lowest BCUT2D eigenvalue weighted by molar-refractivity contribution is 0.265. The topological polar surface area (TPSA) is 12.0 Å². The van der Waals surface area contributed by atoms with Gasteiger partial charge in [-0.15, -0.1) is 6.42 Å². The number of hydrogen-bond donors (Lipinski definition) is 1. The molecule has 0 heterocycles. The first kappa shape index (κ1) is 11.6. The van der Waals surface area contributed by atoms with Crippen LogP contribution < -0.4 is 5.32 Å². The van der Waals surface area contributed by atoms with E-state index in [1.54, 1.807) is 0 Å². The van der Waals surface area contributed by atoms with Gasteiger partial charge in [0.1, 0.15) is 0 Å². The minimum Gasteiger partial charge on any atom is -0.299 e. The molecule has 1 nitrogen and oxygen atoms in total. The Bertz CT molecular complexity index is 208. The second kappa shape index (κ2) is 4.84. The number of terminal acetylenes is 1. The lowest BCUT2D eigenvalue weighted by atomic mass is 9.85. The van der Waals surface area contributed by atoms with Gasteiger partial charge < -0.3 is 0 Å². The maximum absolute atomic E-state index is 5.55. The highest BCUT2D eigenvalue weighted by Gasteiger charge is 2.25. The minimum absolute atomic E-state index is 0.0920. The normalized spacial score (nSPS) is 31.9. The summed E-state index contributed by atoms with van der Waals surface area (Å²) in [5, 5.41) is 3.62. The molecule has 1 saturated carbocycles. The molecule has 0 aliphatic heterocycles. The third-order valence-corrected chi connectivity index (χ3v) is 3.56. The summed E-state index contributed by atoms with van der Waals surface area (Å²) < 4.78 is 0. The molecule has 14 heavy (non-hydrogen) atoms. The first-order valence-electron chi connectivity index (χ1n) is 5.85. The number of rotatable bonds is 3. The van der Waals surface area contributed by atoms with E-state index >= 15 is 0 Å². The van der Waals surface area contributed by atoms with Gasteiger partial charge in [-0.25, -0.2) is 0 Å². The zero-order valence-electron chi connectivity index (χ0n) is 9.77. The Morgan fingerprint density at radius 3 is 2.36 bits per heavy atom. The van der Waals surface area contributed by atoms with Crippen molar-refractivity contribution in [3.8, 4) is 12.3 Å². The smallest absolute Gasteiger partial charge is 0.0769 e. The van der Waals surface area contributed by atoms with Crippen LogP contribution in [-0.2, 0) is 0 Å². The van der Waals surface area contributed by atoms with Gasteiger partial charge in [0.15, 0.2) is 0 Å². The number of hydrogen-bond acceptors (Lipinski definition) is 1. The van der Waals surface area contributed by atoms with Crippen LogP contribution in [0.2, 0.25) is 0 Å². The van der Waals surface area contributed by atoms with Gasteiger partial charge in [-0.3, -0.25) is 5.32 Å². The molecule has 0 bridgehead atoms. The molecule has 0 saturated heterocycles. The van der Waals surface area contributed by atoms with E-state index in [1.807, 2.05) is 0 Å². The van der Waals surface area contributed by atoms with Gasteiger partial charge in [-0.1, -0.05) is 19.8 Å². The molecule has 0 aromatic heterocycles. The molecule has 0 aromatic rings.